The molecule has 0 spiro atoms. The van der Waals surface area contributed by atoms with Crippen LogP contribution >= 0.6 is 11.6 Å². The van der Waals surface area contributed by atoms with E-state index < -0.39 is 17.9 Å². The van der Waals surface area contributed by atoms with E-state index in [1.165, 1.54) is 7.11 Å². The normalized spacial score (nSPS) is 11.8. The molecular formula is C15H19ClO4. The maximum Gasteiger partial charge on any atom is 0.313 e. The van der Waals surface area contributed by atoms with Crippen LogP contribution in [-0.2, 0) is 19.1 Å². The van der Waals surface area contributed by atoms with Crippen LogP contribution in [0.25, 0.3) is 0 Å². The predicted molar refractivity (Wildman–Crippen MR) is 76.7 cm³/mol. The zero-order chi connectivity index (χ0) is 15.0. The molecule has 0 aromatic heterocycles. The summed E-state index contributed by atoms with van der Waals surface area (Å²) in [6, 6.07) is 6.77. The Morgan fingerprint density at radius 1 is 1.25 bits per heavy atom. The molecule has 1 atom stereocenters. The third-order valence-corrected chi connectivity index (χ3v) is 3.14. The van der Waals surface area contributed by atoms with E-state index in [1.54, 1.807) is 24.3 Å². The highest BCUT2D eigenvalue weighted by molar-refractivity contribution is 6.30. The monoisotopic (exact) mass is 298 g/mol. The number of esters is 2. The van der Waals surface area contributed by atoms with Gasteiger partial charge >= 0.3 is 11.9 Å². The molecule has 0 radical (unpaired) electrons. The van der Waals surface area contributed by atoms with Gasteiger partial charge in [-0.2, -0.15) is 0 Å². The van der Waals surface area contributed by atoms with Gasteiger partial charge in [0.2, 0.25) is 0 Å². The van der Waals surface area contributed by atoms with Gasteiger partial charge in [-0.3, -0.25) is 9.59 Å². The zero-order valence-corrected chi connectivity index (χ0v) is 12.5. The van der Waals surface area contributed by atoms with E-state index in [9.17, 15) is 9.59 Å². The average molecular weight is 299 g/mol. The first-order valence-electron chi connectivity index (χ1n) is 6.57. The minimum atomic E-state index is -0.661. The molecule has 0 saturated carbocycles. The molecule has 0 aliphatic heterocycles. The van der Waals surface area contributed by atoms with E-state index in [0.29, 0.717) is 17.2 Å². The van der Waals surface area contributed by atoms with E-state index in [2.05, 4.69) is 0 Å². The Morgan fingerprint density at radius 3 is 2.45 bits per heavy atom. The number of unbranched alkanes of at least 4 members (excludes halogenated alkanes) is 1. The van der Waals surface area contributed by atoms with Gasteiger partial charge in [-0.1, -0.05) is 37.1 Å². The fourth-order valence-electron chi connectivity index (χ4n) is 1.73. The molecule has 0 aliphatic rings. The van der Waals surface area contributed by atoms with Crippen LogP contribution in [0.2, 0.25) is 5.02 Å². The largest absolute Gasteiger partial charge is 0.469 e. The first kappa shape index (κ1) is 16.5. The summed E-state index contributed by atoms with van der Waals surface area (Å²) in [7, 11) is 1.30. The van der Waals surface area contributed by atoms with E-state index >= 15 is 0 Å². The molecule has 0 amide bonds. The Hall–Kier alpha value is -1.55. The van der Waals surface area contributed by atoms with Crippen LogP contribution in [0, 0.1) is 0 Å². The van der Waals surface area contributed by atoms with Gasteiger partial charge in [0.15, 0.2) is 0 Å². The molecule has 1 aromatic rings. The Bertz CT molecular complexity index is 442. The molecule has 0 aliphatic carbocycles. The predicted octanol–water partition coefficient (Wildman–Crippen LogP) is 3.33. The highest BCUT2D eigenvalue weighted by Crippen LogP contribution is 2.23. The summed E-state index contributed by atoms with van der Waals surface area (Å²) in [5, 5.41) is 0.572. The highest BCUT2D eigenvalue weighted by atomic mass is 35.5. The first-order valence-corrected chi connectivity index (χ1v) is 6.95. The lowest BCUT2D eigenvalue weighted by Gasteiger charge is -2.14. The molecule has 0 saturated heterocycles. The summed E-state index contributed by atoms with van der Waals surface area (Å²) in [6.45, 7) is 2.39. The Morgan fingerprint density at radius 2 is 1.90 bits per heavy atom. The number of hydrogen-bond acceptors (Lipinski definition) is 4. The second-order valence-corrected chi connectivity index (χ2v) is 4.84. The molecule has 5 heteroatoms. The van der Waals surface area contributed by atoms with Crippen molar-refractivity contribution in [1.29, 1.82) is 0 Å². The molecule has 110 valence electrons. The van der Waals surface area contributed by atoms with Gasteiger partial charge in [-0.25, -0.2) is 0 Å². The molecular weight excluding hydrogens is 280 g/mol. The van der Waals surface area contributed by atoms with E-state index in [-0.39, 0.29) is 6.42 Å². The minimum Gasteiger partial charge on any atom is -0.469 e. The van der Waals surface area contributed by atoms with Crippen molar-refractivity contribution in [3.8, 4) is 0 Å². The Kier molecular flexibility index (Phi) is 7.09. The number of carbonyl (C=O) groups excluding carboxylic acids is 2. The zero-order valence-electron chi connectivity index (χ0n) is 11.7. The number of benzene rings is 1. The lowest BCUT2D eigenvalue weighted by atomic mass is 9.96. The van der Waals surface area contributed by atoms with Crippen LogP contribution in [0.15, 0.2) is 24.3 Å². The summed E-state index contributed by atoms with van der Waals surface area (Å²) in [6.07, 6.45) is 1.73. The van der Waals surface area contributed by atoms with Crippen LogP contribution < -0.4 is 0 Å². The second kappa shape index (κ2) is 8.59. The Labute approximate surface area is 124 Å². The van der Waals surface area contributed by atoms with Crippen LogP contribution in [-0.4, -0.2) is 25.7 Å². The van der Waals surface area contributed by atoms with Gasteiger partial charge in [0, 0.05) is 5.02 Å². The summed E-state index contributed by atoms with van der Waals surface area (Å²) in [5.74, 6) is -1.52. The minimum absolute atomic E-state index is 0.0297. The first-order chi connectivity index (χ1) is 9.58. The molecule has 1 unspecified atom stereocenters. The van der Waals surface area contributed by atoms with Gasteiger partial charge in [-0.05, 0) is 24.1 Å². The highest BCUT2D eigenvalue weighted by Gasteiger charge is 2.25. The summed E-state index contributed by atoms with van der Waals surface area (Å²) >= 11 is 5.81. The number of rotatable bonds is 7. The molecule has 0 bridgehead atoms. The summed E-state index contributed by atoms with van der Waals surface area (Å²) in [5.41, 5.74) is 0.689. The van der Waals surface area contributed by atoms with E-state index in [4.69, 9.17) is 21.1 Å². The van der Waals surface area contributed by atoms with Gasteiger partial charge in [-0.15, -0.1) is 0 Å². The SMILES string of the molecule is CCCCOC(=O)CC(C(=O)OC)c1ccc(Cl)cc1. The van der Waals surface area contributed by atoms with Crippen LogP contribution in [0.1, 0.15) is 37.7 Å². The number of ether oxygens (including phenoxy) is 2. The maximum atomic E-state index is 11.8. The summed E-state index contributed by atoms with van der Waals surface area (Å²) in [4.78, 5) is 23.5. The van der Waals surface area contributed by atoms with Crippen molar-refractivity contribution < 1.29 is 19.1 Å². The fraction of sp³-hybridized carbons (Fsp3) is 0.467. The quantitative estimate of drug-likeness (QED) is 0.572. The maximum absolute atomic E-state index is 11.8. The molecule has 1 rings (SSSR count). The van der Waals surface area contributed by atoms with Crippen LogP contribution in [0.3, 0.4) is 0 Å². The van der Waals surface area contributed by atoms with Crippen molar-refractivity contribution in [3.63, 3.8) is 0 Å². The van der Waals surface area contributed by atoms with Gasteiger partial charge < -0.3 is 9.47 Å². The van der Waals surface area contributed by atoms with Crippen LogP contribution in [0.4, 0.5) is 0 Å². The molecule has 0 fully saturated rings. The lowest BCUT2D eigenvalue weighted by molar-refractivity contribution is -0.150. The van der Waals surface area contributed by atoms with Gasteiger partial charge in [0.25, 0.3) is 0 Å². The molecule has 0 N–H and O–H groups in total. The lowest BCUT2D eigenvalue weighted by Crippen LogP contribution is -2.19. The molecule has 0 heterocycles. The molecule has 20 heavy (non-hydrogen) atoms. The topological polar surface area (TPSA) is 52.6 Å². The standard InChI is InChI=1S/C15H19ClO4/c1-3-4-9-20-14(17)10-13(15(18)19-2)11-5-7-12(16)8-6-11/h5-8,13H,3-4,9-10H2,1-2H3. The number of carbonyl (C=O) groups is 2. The average Bonchev–Trinajstić information content (AvgIpc) is 2.45. The van der Waals surface area contributed by atoms with Crippen molar-refractivity contribution in [2.45, 2.75) is 32.1 Å². The van der Waals surface area contributed by atoms with Crippen LogP contribution in [0.5, 0.6) is 0 Å². The number of methoxy groups -OCH3 is 1. The fourth-order valence-corrected chi connectivity index (χ4v) is 1.86. The number of hydrogen-bond donors (Lipinski definition) is 0. The van der Waals surface area contributed by atoms with Gasteiger partial charge in [0.1, 0.15) is 0 Å². The van der Waals surface area contributed by atoms with Crippen molar-refractivity contribution in [3.05, 3.63) is 34.9 Å². The van der Waals surface area contributed by atoms with Gasteiger partial charge in [0.05, 0.1) is 26.1 Å². The Balaban J connectivity index is 2.72. The smallest absolute Gasteiger partial charge is 0.313 e. The number of halogens is 1. The van der Waals surface area contributed by atoms with Crippen molar-refractivity contribution in [1.82, 2.24) is 0 Å². The van der Waals surface area contributed by atoms with E-state index in [1.807, 2.05) is 6.92 Å². The third-order valence-electron chi connectivity index (χ3n) is 2.89. The molecule has 4 nitrogen and oxygen atoms in total. The van der Waals surface area contributed by atoms with Crippen molar-refractivity contribution in [2.75, 3.05) is 13.7 Å². The molecule has 1 aromatic carbocycles. The van der Waals surface area contributed by atoms with Crippen molar-refractivity contribution >= 4 is 23.5 Å². The third kappa shape index (κ3) is 5.21. The van der Waals surface area contributed by atoms with E-state index in [0.717, 1.165) is 12.8 Å². The second-order valence-electron chi connectivity index (χ2n) is 4.41. The summed E-state index contributed by atoms with van der Waals surface area (Å²) < 4.78 is 9.82. The van der Waals surface area contributed by atoms with Crippen molar-refractivity contribution in [2.24, 2.45) is 0 Å².